The molecule has 6 nitrogen and oxygen atoms in total. The second-order valence-electron chi connectivity index (χ2n) is 14.4. The van der Waals surface area contributed by atoms with Crippen LogP contribution in [-0.2, 0) is 23.8 Å². The molecule has 220 valence electrons. The maximum absolute atomic E-state index is 11.6. The molecule has 5 unspecified atom stereocenters. The Kier molecular flexibility index (Phi) is 8.56. The van der Waals surface area contributed by atoms with E-state index in [0.29, 0.717) is 48.5 Å². The molecule has 11 atom stereocenters. The minimum absolute atomic E-state index is 0.00346. The Hall–Kier alpha value is -1.40. The number of fused-ring (bicyclic) bond motifs is 7. The van der Waals surface area contributed by atoms with Gasteiger partial charge in [-0.05, 0) is 97.7 Å². The van der Waals surface area contributed by atoms with Crippen molar-refractivity contribution in [3.05, 3.63) is 11.6 Å². The zero-order chi connectivity index (χ0) is 27.9. The predicted molar refractivity (Wildman–Crippen MR) is 152 cm³/mol. The summed E-state index contributed by atoms with van der Waals surface area (Å²) in [6, 6.07) is 0. The Morgan fingerprint density at radius 3 is 2.72 bits per heavy atom. The van der Waals surface area contributed by atoms with Crippen molar-refractivity contribution in [2.24, 2.45) is 46.3 Å². The third-order valence-electron chi connectivity index (χ3n) is 11.9. The topological polar surface area (TPSA) is 73.9 Å². The third kappa shape index (κ3) is 5.58. The molecular weight excluding hydrogens is 490 g/mol. The van der Waals surface area contributed by atoms with E-state index in [1.54, 1.807) is 12.5 Å². The summed E-state index contributed by atoms with van der Waals surface area (Å²) in [5.41, 5.74) is 2.23. The molecule has 1 N–H and O–H groups in total. The first-order valence-electron chi connectivity index (χ1n) is 15.9. The summed E-state index contributed by atoms with van der Waals surface area (Å²) in [5.74, 6) is 3.91. The molecule has 3 saturated carbocycles. The molecule has 0 spiro atoms. The maximum Gasteiger partial charge on any atom is 0.302 e. The van der Waals surface area contributed by atoms with Crippen molar-refractivity contribution in [3.8, 4) is 0 Å². The highest BCUT2D eigenvalue weighted by Gasteiger charge is 2.65. The molecule has 39 heavy (non-hydrogen) atoms. The second kappa shape index (κ2) is 11.5. The van der Waals surface area contributed by atoms with Gasteiger partial charge in [0.05, 0.1) is 18.8 Å². The molecule has 0 aromatic heterocycles. The first kappa shape index (κ1) is 29.1. The highest BCUT2D eigenvalue weighted by molar-refractivity contribution is 5.72. The smallest absolute Gasteiger partial charge is 0.302 e. The molecule has 0 radical (unpaired) electrons. The summed E-state index contributed by atoms with van der Waals surface area (Å²) in [7, 11) is 0. The Morgan fingerprint density at radius 2 is 1.97 bits per heavy atom. The lowest BCUT2D eigenvalue weighted by molar-refractivity contribution is -0.148. The molecule has 1 aliphatic heterocycles. The Balaban J connectivity index is 1.17. The maximum atomic E-state index is 11.6. The van der Waals surface area contributed by atoms with Crippen LogP contribution in [0.2, 0.25) is 0 Å². The number of allylic oxidation sites excluding steroid dienone is 1. The van der Waals surface area contributed by atoms with E-state index in [0.717, 1.165) is 56.5 Å². The van der Waals surface area contributed by atoms with Gasteiger partial charge in [-0.25, -0.2) is 0 Å². The van der Waals surface area contributed by atoms with Gasteiger partial charge in [-0.15, -0.1) is 0 Å². The van der Waals surface area contributed by atoms with Crippen molar-refractivity contribution < 1.29 is 23.8 Å². The first-order valence-corrected chi connectivity index (χ1v) is 15.9. The predicted octanol–water partition coefficient (Wildman–Crippen LogP) is 6.08. The lowest BCUT2D eigenvalue weighted by Gasteiger charge is -2.58. The lowest BCUT2D eigenvalue weighted by atomic mass is 9.47. The van der Waals surface area contributed by atoms with Gasteiger partial charge >= 0.3 is 5.97 Å². The minimum atomic E-state index is -0.141. The number of hydrogen-bond acceptors (Lipinski definition) is 5. The van der Waals surface area contributed by atoms with Gasteiger partial charge < -0.3 is 19.5 Å². The normalized spacial score (nSPS) is 43.4. The summed E-state index contributed by atoms with van der Waals surface area (Å²) < 4.78 is 18.3. The van der Waals surface area contributed by atoms with Crippen molar-refractivity contribution in [3.63, 3.8) is 0 Å². The van der Waals surface area contributed by atoms with Gasteiger partial charge in [0.2, 0.25) is 5.91 Å². The van der Waals surface area contributed by atoms with Gasteiger partial charge in [0, 0.05) is 33.4 Å². The van der Waals surface area contributed by atoms with E-state index in [1.807, 2.05) is 0 Å². The SMILES string of the molecule is CC(=O)NCCOCC(C)CC[C@H]1O[C@H]2CC3C4CC=C5CC(OC(C)=O)CC[C@]5(C)C4CC[C@]3(C)[C@H]2[C@@H]1C. The van der Waals surface area contributed by atoms with E-state index < -0.39 is 0 Å². The van der Waals surface area contributed by atoms with Crippen molar-refractivity contribution in [1.29, 1.82) is 0 Å². The fraction of sp³-hybridized carbons (Fsp3) is 0.879. The third-order valence-corrected chi connectivity index (χ3v) is 11.9. The molecule has 4 aliphatic carbocycles. The van der Waals surface area contributed by atoms with Crippen LogP contribution < -0.4 is 5.32 Å². The van der Waals surface area contributed by atoms with Crippen LogP contribution in [0.5, 0.6) is 0 Å². The number of amides is 1. The van der Waals surface area contributed by atoms with E-state index in [9.17, 15) is 9.59 Å². The number of hydrogen-bond donors (Lipinski definition) is 1. The summed E-state index contributed by atoms with van der Waals surface area (Å²) in [6.07, 6.45) is 13.8. The van der Waals surface area contributed by atoms with Crippen molar-refractivity contribution in [2.45, 2.75) is 118 Å². The van der Waals surface area contributed by atoms with E-state index >= 15 is 0 Å². The molecule has 0 aromatic carbocycles. The van der Waals surface area contributed by atoms with Crippen LogP contribution >= 0.6 is 0 Å². The quantitative estimate of drug-likeness (QED) is 0.217. The molecule has 0 aromatic rings. The molecule has 4 fully saturated rings. The Morgan fingerprint density at radius 1 is 1.18 bits per heavy atom. The van der Waals surface area contributed by atoms with Crippen LogP contribution in [0.1, 0.15) is 99.3 Å². The van der Waals surface area contributed by atoms with Crippen molar-refractivity contribution >= 4 is 11.9 Å². The molecule has 1 saturated heterocycles. The molecule has 0 bridgehead atoms. The highest BCUT2D eigenvalue weighted by atomic mass is 16.5. The van der Waals surface area contributed by atoms with Crippen LogP contribution in [0, 0.1) is 46.3 Å². The van der Waals surface area contributed by atoms with Gasteiger partial charge in [0.15, 0.2) is 0 Å². The van der Waals surface area contributed by atoms with E-state index in [2.05, 4.69) is 39.1 Å². The van der Waals surface area contributed by atoms with Gasteiger partial charge in [-0.2, -0.15) is 0 Å². The van der Waals surface area contributed by atoms with Crippen LogP contribution in [0.15, 0.2) is 11.6 Å². The summed E-state index contributed by atoms with van der Waals surface area (Å²) in [6.45, 7) is 14.9. The molecule has 5 rings (SSSR count). The molecule has 1 amide bonds. The summed E-state index contributed by atoms with van der Waals surface area (Å²) >= 11 is 0. The zero-order valence-electron chi connectivity index (χ0n) is 25.3. The monoisotopic (exact) mass is 543 g/mol. The van der Waals surface area contributed by atoms with Gasteiger partial charge in [-0.1, -0.05) is 39.3 Å². The fourth-order valence-corrected chi connectivity index (χ4v) is 10.1. The highest BCUT2D eigenvalue weighted by Crippen LogP contribution is 2.69. The van der Waals surface area contributed by atoms with Crippen molar-refractivity contribution in [2.75, 3.05) is 19.8 Å². The van der Waals surface area contributed by atoms with Crippen LogP contribution in [-0.4, -0.2) is 49.9 Å². The number of rotatable bonds is 9. The van der Waals surface area contributed by atoms with Crippen LogP contribution in [0.25, 0.3) is 0 Å². The Labute approximate surface area is 236 Å². The summed E-state index contributed by atoms with van der Waals surface area (Å²) in [5, 5.41) is 2.79. The van der Waals surface area contributed by atoms with E-state index in [-0.39, 0.29) is 23.4 Å². The zero-order valence-corrected chi connectivity index (χ0v) is 25.3. The number of carbonyl (C=O) groups excluding carboxylic acids is 2. The number of esters is 1. The second-order valence-corrected chi connectivity index (χ2v) is 14.4. The van der Waals surface area contributed by atoms with E-state index in [1.165, 1.54) is 32.6 Å². The number of carbonyl (C=O) groups is 2. The van der Waals surface area contributed by atoms with Crippen LogP contribution in [0.3, 0.4) is 0 Å². The molecule has 5 aliphatic rings. The largest absolute Gasteiger partial charge is 0.462 e. The Bertz CT molecular complexity index is 948. The van der Waals surface area contributed by atoms with Crippen molar-refractivity contribution in [1.82, 2.24) is 5.32 Å². The number of nitrogens with one attached hydrogen (secondary N) is 1. The molecule has 1 heterocycles. The van der Waals surface area contributed by atoms with Gasteiger partial charge in [0.1, 0.15) is 6.10 Å². The molecular formula is C33H53NO5. The molecule has 6 heteroatoms. The average Bonchev–Trinajstić information content (AvgIpc) is 3.35. The van der Waals surface area contributed by atoms with E-state index in [4.69, 9.17) is 14.2 Å². The average molecular weight is 544 g/mol. The standard InChI is InChI=1S/C33H53NO5/c1-20(19-37-16-15-34-22(3)35)7-10-29-21(2)31-30(39-29)18-28-26-9-8-24-17-25(38-23(4)36)11-13-32(24,5)27(26)12-14-33(28,31)6/h8,20-21,25-31H,7,9-19H2,1-6H3,(H,34,35)/t20?,21-,25?,26?,27?,28?,29-,30+,31+,32+,33+/m1/s1. The van der Waals surface area contributed by atoms with Gasteiger partial charge in [-0.3, -0.25) is 9.59 Å². The fourth-order valence-electron chi connectivity index (χ4n) is 10.1. The summed E-state index contributed by atoms with van der Waals surface area (Å²) in [4.78, 5) is 22.6. The number of ether oxygens (including phenoxy) is 3. The minimum Gasteiger partial charge on any atom is -0.462 e. The lowest BCUT2D eigenvalue weighted by Crippen LogP contribution is -2.51. The first-order chi connectivity index (χ1) is 18.5. The van der Waals surface area contributed by atoms with Gasteiger partial charge in [0.25, 0.3) is 0 Å². The van der Waals surface area contributed by atoms with Crippen LogP contribution in [0.4, 0.5) is 0 Å².